The highest BCUT2D eigenvalue weighted by atomic mass is 32.2. The van der Waals surface area contributed by atoms with E-state index in [-0.39, 0.29) is 0 Å². The second kappa shape index (κ2) is 6.53. The van der Waals surface area contributed by atoms with E-state index in [1.165, 1.54) is 10.5 Å². The molecule has 14 heavy (non-hydrogen) atoms. The highest BCUT2D eigenvalue weighted by molar-refractivity contribution is 7.99. The summed E-state index contributed by atoms with van der Waals surface area (Å²) in [5, 5.41) is 0. The van der Waals surface area contributed by atoms with Crippen molar-refractivity contribution in [3.63, 3.8) is 0 Å². The van der Waals surface area contributed by atoms with Crippen molar-refractivity contribution in [2.75, 3.05) is 5.75 Å². The predicted molar refractivity (Wildman–Crippen MR) is 63.1 cm³/mol. The summed E-state index contributed by atoms with van der Waals surface area (Å²) < 4.78 is 0. The van der Waals surface area contributed by atoms with Crippen molar-refractivity contribution in [1.82, 2.24) is 0 Å². The maximum absolute atomic E-state index is 5.51. The lowest BCUT2D eigenvalue weighted by Crippen LogP contribution is -1.94. The SMILES string of the molecule is CC#CCCSc1ccc(CN)cc1. The molecule has 1 aromatic carbocycles. The molecule has 1 rings (SSSR count). The fourth-order valence-corrected chi connectivity index (χ4v) is 1.84. The summed E-state index contributed by atoms with van der Waals surface area (Å²) in [5.41, 5.74) is 6.70. The van der Waals surface area contributed by atoms with E-state index in [9.17, 15) is 0 Å². The van der Waals surface area contributed by atoms with E-state index in [0.717, 1.165) is 12.2 Å². The summed E-state index contributed by atoms with van der Waals surface area (Å²) in [6.45, 7) is 2.49. The molecule has 0 fully saturated rings. The molecule has 0 amide bonds. The lowest BCUT2D eigenvalue weighted by molar-refractivity contribution is 1.07. The van der Waals surface area contributed by atoms with Crippen LogP contribution in [0.4, 0.5) is 0 Å². The Morgan fingerprint density at radius 3 is 2.57 bits per heavy atom. The van der Waals surface area contributed by atoms with Crippen molar-refractivity contribution in [3.8, 4) is 11.8 Å². The first-order valence-corrected chi connectivity index (χ1v) is 5.67. The topological polar surface area (TPSA) is 26.0 Å². The second-order valence-corrected chi connectivity index (χ2v) is 4.04. The minimum atomic E-state index is 0.617. The highest BCUT2D eigenvalue weighted by Gasteiger charge is 1.93. The maximum atomic E-state index is 5.51. The Labute approximate surface area is 90.1 Å². The van der Waals surface area contributed by atoms with Crippen LogP contribution in [-0.2, 0) is 6.54 Å². The third kappa shape index (κ3) is 3.87. The van der Waals surface area contributed by atoms with Gasteiger partial charge in [0.25, 0.3) is 0 Å². The normalized spacial score (nSPS) is 9.29. The van der Waals surface area contributed by atoms with Crippen molar-refractivity contribution < 1.29 is 0 Å². The second-order valence-electron chi connectivity index (χ2n) is 2.87. The zero-order valence-electron chi connectivity index (χ0n) is 8.42. The van der Waals surface area contributed by atoms with Crippen molar-refractivity contribution in [2.24, 2.45) is 5.73 Å². The van der Waals surface area contributed by atoms with E-state index in [1.54, 1.807) is 0 Å². The number of hydrogen-bond acceptors (Lipinski definition) is 2. The summed E-state index contributed by atoms with van der Waals surface area (Å²) in [7, 11) is 0. The molecule has 0 aliphatic rings. The van der Waals surface area contributed by atoms with Gasteiger partial charge in [-0.2, -0.15) is 0 Å². The van der Waals surface area contributed by atoms with E-state index in [1.807, 2.05) is 18.7 Å². The minimum absolute atomic E-state index is 0.617. The smallest absolute Gasteiger partial charge is 0.0183 e. The molecule has 0 radical (unpaired) electrons. The average Bonchev–Trinajstić information content (AvgIpc) is 2.25. The summed E-state index contributed by atoms with van der Waals surface area (Å²) >= 11 is 1.84. The van der Waals surface area contributed by atoms with Crippen LogP contribution >= 0.6 is 11.8 Å². The summed E-state index contributed by atoms with van der Waals surface area (Å²) in [6.07, 6.45) is 0.958. The van der Waals surface area contributed by atoms with E-state index in [2.05, 4.69) is 36.1 Å². The molecule has 0 saturated carbocycles. The monoisotopic (exact) mass is 205 g/mol. The first kappa shape index (κ1) is 11.2. The van der Waals surface area contributed by atoms with Crippen LogP contribution in [0, 0.1) is 11.8 Å². The highest BCUT2D eigenvalue weighted by Crippen LogP contribution is 2.18. The lowest BCUT2D eigenvalue weighted by atomic mass is 10.2. The first-order chi connectivity index (χ1) is 6.86. The van der Waals surface area contributed by atoms with Crippen molar-refractivity contribution in [3.05, 3.63) is 29.8 Å². The van der Waals surface area contributed by atoms with E-state index in [4.69, 9.17) is 5.73 Å². The molecule has 0 unspecified atom stereocenters. The Morgan fingerprint density at radius 2 is 2.00 bits per heavy atom. The molecular formula is C12H15NS. The molecule has 0 saturated heterocycles. The van der Waals surface area contributed by atoms with Crippen LogP contribution < -0.4 is 5.73 Å². The predicted octanol–water partition coefficient (Wildman–Crippen LogP) is 2.65. The summed E-state index contributed by atoms with van der Waals surface area (Å²) in [6, 6.07) is 8.39. The largest absolute Gasteiger partial charge is 0.326 e. The van der Waals surface area contributed by atoms with Gasteiger partial charge in [0.15, 0.2) is 0 Å². The van der Waals surface area contributed by atoms with Gasteiger partial charge in [0.1, 0.15) is 0 Å². The molecule has 0 bridgehead atoms. The Morgan fingerprint density at radius 1 is 1.29 bits per heavy atom. The molecular weight excluding hydrogens is 190 g/mol. The molecule has 2 N–H and O–H groups in total. The Balaban J connectivity index is 2.38. The summed E-state index contributed by atoms with van der Waals surface area (Å²) in [4.78, 5) is 1.29. The molecule has 74 valence electrons. The molecule has 0 aliphatic heterocycles. The molecule has 2 heteroatoms. The van der Waals surface area contributed by atoms with Crippen molar-refractivity contribution in [2.45, 2.75) is 24.8 Å². The fourth-order valence-electron chi connectivity index (χ4n) is 1.07. The van der Waals surface area contributed by atoms with Crippen molar-refractivity contribution in [1.29, 1.82) is 0 Å². The number of benzene rings is 1. The molecule has 0 aromatic heterocycles. The average molecular weight is 205 g/mol. The van der Waals surface area contributed by atoms with Gasteiger partial charge in [0, 0.05) is 23.6 Å². The molecule has 0 atom stereocenters. The quantitative estimate of drug-likeness (QED) is 0.464. The van der Waals surface area contributed by atoms with Gasteiger partial charge < -0.3 is 5.73 Å². The van der Waals surface area contributed by atoms with Gasteiger partial charge in [0.2, 0.25) is 0 Å². The standard InChI is InChI=1S/C12H15NS/c1-2-3-4-9-14-12-7-5-11(10-13)6-8-12/h5-8H,4,9-10,13H2,1H3. The van der Waals surface area contributed by atoms with Crippen LogP contribution in [0.5, 0.6) is 0 Å². The third-order valence-electron chi connectivity index (χ3n) is 1.83. The van der Waals surface area contributed by atoms with Crippen LogP contribution in [0.1, 0.15) is 18.9 Å². The van der Waals surface area contributed by atoms with Gasteiger partial charge in [-0.3, -0.25) is 0 Å². The van der Waals surface area contributed by atoms with Gasteiger partial charge >= 0.3 is 0 Å². The molecule has 0 heterocycles. The van der Waals surface area contributed by atoms with E-state index in [0.29, 0.717) is 6.54 Å². The Hall–Kier alpha value is -0.910. The Bertz CT molecular complexity index is 318. The maximum Gasteiger partial charge on any atom is 0.0183 e. The van der Waals surface area contributed by atoms with Crippen LogP contribution in [0.2, 0.25) is 0 Å². The number of rotatable bonds is 4. The van der Waals surface area contributed by atoms with E-state index < -0.39 is 0 Å². The Kier molecular flexibility index (Phi) is 5.21. The fraction of sp³-hybridized carbons (Fsp3) is 0.333. The van der Waals surface area contributed by atoms with E-state index >= 15 is 0 Å². The van der Waals surface area contributed by atoms with Gasteiger partial charge in [-0.1, -0.05) is 12.1 Å². The molecule has 1 nitrogen and oxygen atoms in total. The number of thioether (sulfide) groups is 1. The van der Waals surface area contributed by atoms with Crippen LogP contribution in [0.25, 0.3) is 0 Å². The van der Waals surface area contributed by atoms with Crippen LogP contribution in [0.15, 0.2) is 29.2 Å². The van der Waals surface area contributed by atoms with Gasteiger partial charge in [-0.25, -0.2) is 0 Å². The van der Waals surface area contributed by atoms with Crippen LogP contribution in [-0.4, -0.2) is 5.75 Å². The first-order valence-electron chi connectivity index (χ1n) is 4.68. The molecule has 0 spiro atoms. The lowest BCUT2D eigenvalue weighted by Gasteiger charge is -2.00. The number of nitrogens with two attached hydrogens (primary N) is 1. The zero-order valence-corrected chi connectivity index (χ0v) is 9.23. The third-order valence-corrected chi connectivity index (χ3v) is 2.85. The van der Waals surface area contributed by atoms with Gasteiger partial charge in [-0.15, -0.1) is 23.6 Å². The molecule has 1 aromatic rings. The van der Waals surface area contributed by atoms with Crippen LogP contribution in [0.3, 0.4) is 0 Å². The summed E-state index contributed by atoms with van der Waals surface area (Å²) in [5.74, 6) is 7.00. The van der Waals surface area contributed by atoms with Gasteiger partial charge in [0.05, 0.1) is 0 Å². The number of hydrogen-bond donors (Lipinski definition) is 1. The zero-order chi connectivity index (χ0) is 10.2. The minimum Gasteiger partial charge on any atom is -0.326 e. The van der Waals surface area contributed by atoms with Gasteiger partial charge in [-0.05, 0) is 24.6 Å². The van der Waals surface area contributed by atoms with Crippen molar-refractivity contribution >= 4 is 11.8 Å². The molecule has 0 aliphatic carbocycles.